The number of hydrogen-bond donors (Lipinski definition) is 0. The summed E-state index contributed by atoms with van der Waals surface area (Å²) >= 11 is 0. The van der Waals surface area contributed by atoms with Gasteiger partial charge in [-0.1, -0.05) is 46.9 Å². The fourth-order valence-corrected chi connectivity index (χ4v) is 2.00. The smallest absolute Gasteiger partial charge is 0.0629 e. The Balaban J connectivity index is 4.53. The fraction of sp³-hybridized carbons (Fsp3) is 1.00. The molecule has 0 heterocycles. The van der Waals surface area contributed by atoms with E-state index in [2.05, 4.69) is 41.5 Å². The molecule has 0 bridgehead atoms. The van der Waals surface area contributed by atoms with E-state index in [0.717, 1.165) is 0 Å². The van der Waals surface area contributed by atoms with Crippen molar-refractivity contribution in [3.8, 4) is 0 Å². The Labute approximate surface area is 73.2 Å². The minimum Gasteiger partial charge on any atom is -0.0629 e. The average Bonchev–Trinajstić information content (AvgIpc) is 1.84. The van der Waals surface area contributed by atoms with E-state index in [0.29, 0.717) is 17.8 Å². The summed E-state index contributed by atoms with van der Waals surface area (Å²) < 4.78 is 0. The first-order chi connectivity index (χ1) is 4.83. The second kappa shape index (κ2) is 3.64. The van der Waals surface area contributed by atoms with Gasteiger partial charge in [0.1, 0.15) is 0 Å². The molecule has 0 aromatic carbocycles. The van der Waals surface area contributed by atoms with Crippen LogP contribution in [0.5, 0.6) is 0 Å². The largest absolute Gasteiger partial charge is 0.0756 e. The van der Waals surface area contributed by atoms with E-state index in [1.165, 1.54) is 0 Å². The van der Waals surface area contributed by atoms with Crippen LogP contribution in [-0.4, -0.2) is 7.85 Å². The maximum atomic E-state index is 6.33. The number of rotatable bonds is 3. The van der Waals surface area contributed by atoms with Crippen LogP contribution < -0.4 is 0 Å². The highest BCUT2D eigenvalue weighted by atomic mass is 14.3. The zero-order chi connectivity index (χ0) is 9.23. The van der Waals surface area contributed by atoms with Crippen molar-refractivity contribution in [2.75, 3.05) is 0 Å². The van der Waals surface area contributed by atoms with E-state index in [9.17, 15) is 0 Å². The molecule has 0 aliphatic rings. The van der Waals surface area contributed by atoms with Gasteiger partial charge in [-0.25, -0.2) is 0 Å². The van der Waals surface area contributed by atoms with Crippen molar-refractivity contribution >= 4 is 7.85 Å². The Morgan fingerprint density at radius 2 is 0.909 bits per heavy atom. The van der Waals surface area contributed by atoms with Crippen LogP contribution in [0.3, 0.4) is 0 Å². The lowest BCUT2D eigenvalue weighted by Crippen LogP contribution is -2.31. The molecule has 1 heteroatoms. The van der Waals surface area contributed by atoms with Gasteiger partial charge in [-0.05, 0) is 17.8 Å². The molecule has 0 rings (SSSR count). The molecule has 0 unspecified atom stereocenters. The van der Waals surface area contributed by atoms with E-state index in [1.54, 1.807) is 0 Å². The van der Waals surface area contributed by atoms with Crippen molar-refractivity contribution in [2.45, 2.75) is 46.9 Å². The lowest BCUT2D eigenvalue weighted by Gasteiger charge is -2.42. The van der Waals surface area contributed by atoms with Gasteiger partial charge in [0.15, 0.2) is 0 Å². The van der Waals surface area contributed by atoms with Gasteiger partial charge >= 0.3 is 0 Å². The normalized spacial score (nSPS) is 13.5. The Bertz CT molecular complexity index is 92.3. The Morgan fingerprint density at radius 3 is 0.909 bits per heavy atom. The average molecular weight is 152 g/mol. The monoisotopic (exact) mass is 152 g/mol. The fourth-order valence-electron chi connectivity index (χ4n) is 2.00. The predicted octanol–water partition coefficient (Wildman–Crippen LogP) is 3.28. The maximum Gasteiger partial charge on any atom is 0.0756 e. The van der Waals surface area contributed by atoms with Gasteiger partial charge in [0, 0.05) is 0 Å². The number of hydrogen-bond acceptors (Lipinski definition) is 0. The molecular weight excluding hydrogens is 131 g/mol. The second-order valence-electron chi connectivity index (χ2n) is 4.46. The van der Waals surface area contributed by atoms with Crippen molar-refractivity contribution in [1.82, 2.24) is 0 Å². The van der Waals surface area contributed by atoms with Crippen LogP contribution in [0, 0.1) is 17.8 Å². The molecule has 0 aliphatic heterocycles. The van der Waals surface area contributed by atoms with Gasteiger partial charge in [-0.2, -0.15) is 0 Å². The van der Waals surface area contributed by atoms with Crippen molar-refractivity contribution in [3.05, 3.63) is 0 Å². The van der Waals surface area contributed by atoms with E-state index in [-0.39, 0.29) is 5.31 Å². The van der Waals surface area contributed by atoms with Gasteiger partial charge in [-0.3, -0.25) is 0 Å². The van der Waals surface area contributed by atoms with Crippen LogP contribution in [0.4, 0.5) is 0 Å². The van der Waals surface area contributed by atoms with Gasteiger partial charge < -0.3 is 0 Å². The lowest BCUT2D eigenvalue weighted by atomic mass is 9.50. The standard InChI is InChI=1S/C10H21B/c1-7(2)10(11,8(3)4)9(5)6/h7-9H,1-6H3. The quantitative estimate of drug-likeness (QED) is 0.544. The van der Waals surface area contributed by atoms with Crippen molar-refractivity contribution in [2.24, 2.45) is 17.8 Å². The van der Waals surface area contributed by atoms with Crippen LogP contribution in [0.25, 0.3) is 0 Å². The molecule has 0 aromatic rings. The molecule has 0 nitrogen and oxygen atoms in total. The molecule has 0 saturated heterocycles. The first-order valence-electron chi connectivity index (χ1n) is 4.62. The van der Waals surface area contributed by atoms with Gasteiger partial charge in [0.2, 0.25) is 0 Å². The lowest BCUT2D eigenvalue weighted by molar-refractivity contribution is 0.236. The molecule has 0 aromatic heterocycles. The molecule has 0 atom stereocenters. The topological polar surface area (TPSA) is 0 Å². The molecule has 0 N–H and O–H groups in total. The minimum atomic E-state index is 0.000000000000000222. The van der Waals surface area contributed by atoms with E-state index in [1.807, 2.05) is 0 Å². The van der Waals surface area contributed by atoms with Crippen molar-refractivity contribution < 1.29 is 0 Å². The van der Waals surface area contributed by atoms with Gasteiger partial charge in [-0.15, -0.1) is 0 Å². The maximum absolute atomic E-state index is 6.33. The summed E-state index contributed by atoms with van der Waals surface area (Å²) in [6.07, 6.45) is 0. The highest BCUT2D eigenvalue weighted by molar-refractivity contribution is 6.15. The molecule has 0 spiro atoms. The summed E-state index contributed by atoms with van der Waals surface area (Å²) in [5, 5.41) is 0.000000000000000222. The zero-order valence-corrected chi connectivity index (χ0v) is 8.81. The first kappa shape index (κ1) is 11.1. The molecule has 0 amide bonds. The van der Waals surface area contributed by atoms with Crippen LogP contribution in [-0.2, 0) is 0 Å². The highest BCUT2D eigenvalue weighted by Gasteiger charge is 2.33. The van der Waals surface area contributed by atoms with Gasteiger partial charge in [0.05, 0.1) is 7.85 Å². The van der Waals surface area contributed by atoms with Crippen molar-refractivity contribution in [3.63, 3.8) is 0 Å². The van der Waals surface area contributed by atoms with Crippen LogP contribution in [0.2, 0.25) is 5.31 Å². The zero-order valence-electron chi connectivity index (χ0n) is 8.81. The summed E-state index contributed by atoms with van der Waals surface area (Å²) in [4.78, 5) is 0. The molecule has 0 saturated carbocycles. The highest BCUT2D eigenvalue weighted by Crippen LogP contribution is 2.46. The Hall–Kier alpha value is 0.0649. The Morgan fingerprint density at radius 1 is 0.727 bits per heavy atom. The third-order valence-corrected chi connectivity index (χ3v) is 3.00. The first-order valence-corrected chi connectivity index (χ1v) is 4.62. The molecule has 2 radical (unpaired) electrons. The molecule has 11 heavy (non-hydrogen) atoms. The third kappa shape index (κ3) is 2.01. The van der Waals surface area contributed by atoms with Crippen LogP contribution in [0.15, 0.2) is 0 Å². The summed E-state index contributed by atoms with van der Waals surface area (Å²) in [6, 6.07) is 0. The second-order valence-corrected chi connectivity index (χ2v) is 4.46. The molecule has 0 aliphatic carbocycles. The van der Waals surface area contributed by atoms with Crippen molar-refractivity contribution in [1.29, 1.82) is 0 Å². The summed E-state index contributed by atoms with van der Waals surface area (Å²) in [6.45, 7) is 13.3. The Kier molecular flexibility index (Phi) is 3.67. The summed E-state index contributed by atoms with van der Waals surface area (Å²) in [7, 11) is 6.33. The van der Waals surface area contributed by atoms with Crippen LogP contribution in [0.1, 0.15) is 41.5 Å². The summed E-state index contributed by atoms with van der Waals surface area (Å²) in [5.41, 5.74) is 0. The summed E-state index contributed by atoms with van der Waals surface area (Å²) in [5.74, 6) is 1.67. The van der Waals surface area contributed by atoms with Crippen LogP contribution >= 0.6 is 0 Å². The van der Waals surface area contributed by atoms with E-state index in [4.69, 9.17) is 7.85 Å². The minimum absolute atomic E-state index is 0.000000000000000222. The molecule has 64 valence electrons. The SMILES string of the molecule is [B]C(C(C)C)(C(C)C)C(C)C. The molecular formula is C10H21B. The van der Waals surface area contributed by atoms with Gasteiger partial charge in [0.25, 0.3) is 0 Å². The third-order valence-electron chi connectivity index (χ3n) is 3.00. The van der Waals surface area contributed by atoms with E-state index < -0.39 is 0 Å². The predicted molar refractivity (Wildman–Crippen MR) is 53.0 cm³/mol. The van der Waals surface area contributed by atoms with E-state index >= 15 is 0 Å². The molecule has 0 fully saturated rings.